The first-order valence-corrected chi connectivity index (χ1v) is 16.0. The van der Waals surface area contributed by atoms with E-state index in [9.17, 15) is 33.0 Å². The van der Waals surface area contributed by atoms with E-state index in [0.717, 1.165) is 12.8 Å². The first-order valence-electron chi connectivity index (χ1n) is 14.5. The minimum absolute atomic E-state index is 0.00311. The van der Waals surface area contributed by atoms with Gasteiger partial charge in [0.25, 0.3) is 11.8 Å². The summed E-state index contributed by atoms with van der Waals surface area (Å²) >= 11 is 0. The van der Waals surface area contributed by atoms with E-state index >= 15 is 0 Å². The van der Waals surface area contributed by atoms with E-state index < -0.39 is 39.2 Å². The van der Waals surface area contributed by atoms with Gasteiger partial charge in [-0.15, -0.1) is 4.83 Å². The largest absolute Gasteiger partial charge is 0.508 e. The zero-order valence-electron chi connectivity index (χ0n) is 25.5. The van der Waals surface area contributed by atoms with Crippen molar-refractivity contribution >= 4 is 27.7 Å². The van der Waals surface area contributed by atoms with Crippen LogP contribution in [-0.2, 0) is 16.4 Å². The SMILES string of the molecule is CCCN(CCC)C(=O)c1cc(C(N)=O)cc(C(=O)NC(Cc2ccc(O)cc2)C(O)CN(CC)NS(=O)(=O)C(C)C)c1. The molecule has 2 aromatic carbocycles. The summed E-state index contributed by atoms with van der Waals surface area (Å²) in [6.07, 6.45) is 0.336. The third kappa shape index (κ3) is 10.6. The Kier molecular flexibility index (Phi) is 13.6. The van der Waals surface area contributed by atoms with Gasteiger partial charge >= 0.3 is 0 Å². The van der Waals surface area contributed by atoms with Gasteiger partial charge in [0.2, 0.25) is 15.9 Å². The minimum atomic E-state index is -3.68. The molecule has 0 radical (unpaired) electrons. The molecule has 2 rings (SSSR count). The highest BCUT2D eigenvalue weighted by Crippen LogP contribution is 2.17. The van der Waals surface area contributed by atoms with Crippen LogP contribution in [0.4, 0.5) is 0 Å². The van der Waals surface area contributed by atoms with Crippen LogP contribution < -0.4 is 15.9 Å². The van der Waals surface area contributed by atoms with Crippen LogP contribution in [0.5, 0.6) is 5.75 Å². The number of rotatable bonds is 17. The standard InChI is InChI=1S/C30H45N5O7S/c1-6-13-34(14-7-2)30(40)24-17-22(28(31)38)16-23(18-24)29(39)32-26(15-21-9-11-25(36)12-10-21)27(37)19-35(8-3)33-43(41,42)20(4)5/h9-12,16-18,20,26-27,33,36-37H,6-8,13-15,19H2,1-5H3,(H2,31,38)(H,32,39). The second-order valence-corrected chi connectivity index (χ2v) is 12.9. The molecule has 3 amide bonds. The van der Waals surface area contributed by atoms with Gasteiger partial charge in [-0.05, 0) is 69.0 Å². The number of carbonyl (C=O) groups is 3. The van der Waals surface area contributed by atoms with Crippen molar-refractivity contribution < 1.29 is 33.0 Å². The third-order valence-corrected chi connectivity index (χ3v) is 8.59. The van der Waals surface area contributed by atoms with Crippen molar-refractivity contribution in [3.05, 3.63) is 64.7 Å². The number of sulfonamides is 1. The van der Waals surface area contributed by atoms with Gasteiger partial charge in [-0.2, -0.15) is 0 Å². The molecule has 0 spiro atoms. The van der Waals surface area contributed by atoms with Crippen molar-refractivity contribution in [2.45, 2.75) is 71.3 Å². The molecule has 2 unspecified atom stereocenters. The lowest BCUT2D eigenvalue weighted by Gasteiger charge is -2.30. The topological polar surface area (TPSA) is 182 Å². The molecule has 0 saturated heterocycles. The molecule has 238 valence electrons. The Labute approximate surface area is 254 Å². The monoisotopic (exact) mass is 619 g/mol. The summed E-state index contributed by atoms with van der Waals surface area (Å²) in [7, 11) is -3.68. The van der Waals surface area contributed by atoms with Crippen molar-refractivity contribution in [1.29, 1.82) is 0 Å². The summed E-state index contributed by atoms with van der Waals surface area (Å²) < 4.78 is 24.9. The lowest BCUT2D eigenvalue weighted by Crippen LogP contribution is -2.54. The van der Waals surface area contributed by atoms with Crippen LogP contribution in [-0.4, -0.2) is 89.8 Å². The maximum absolute atomic E-state index is 13.6. The molecule has 12 nitrogen and oxygen atoms in total. The van der Waals surface area contributed by atoms with E-state index in [2.05, 4.69) is 10.1 Å². The highest BCUT2D eigenvalue weighted by molar-refractivity contribution is 7.90. The van der Waals surface area contributed by atoms with Crippen molar-refractivity contribution in [1.82, 2.24) is 20.1 Å². The maximum atomic E-state index is 13.6. The summed E-state index contributed by atoms with van der Waals surface area (Å²) in [5.41, 5.74) is 6.35. The van der Waals surface area contributed by atoms with Crippen LogP contribution in [0.25, 0.3) is 0 Å². The summed E-state index contributed by atoms with van der Waals surface area (Å²) in [5.74, 6) is -1.76. The number of hydrogen-bond acceptors (Lipinski definition) is 8. The fraction of sp³-hybridized carbons (Fsp3) is 0.500. The number of benzene rings is 2. The van der Waals surface area contributed by atoms with Gasteiger partial charge in [-0.25, -0.2) is 13.4 Å². The molecule has 43 heavy (non-hydrogen) atoms. The Bertz CT molecular complexity index is 1340. The molecule has 0 saturated carbocycles. The molecule has 13 heteroatoms. The quantitative estimate of drug-likeness (QED) is 0.167. The number of nitrogens with two attached hydrogens (primary N) is 1. The molecule has 6 N–H and O–H groups in total. The average Bonchev–Trinajstić information content (AvgIpc) is 2.96. The summed E-state index contributed by atoms with van der Waals surface area (Å²) in [6, 6.07) is 9.34. The first kappa shape index (κ1) is 35.7. The van der Waals surface area contributed by atoms with E-state index in [1.165, 1.54) is 49.2 Å². The van der Waals surface area contributed by atoms with Crippen LogP contribution in [0.1, 0.15) is 84.1 Å². The number of amides is 3. The number of aliphatic hydroxyl groups is 1. The molecule has 0 aromatic heterocycles. The summed E-state index contributed by atoms with van der Waals surface area (Å²) in [6.45, 7) is 9.77. The van der Waals surface area contributed by atoms with Gasteiger partial charge < -0.3 is 26.2 Å². The molecule has 0 heterocycles. The van der Waals surface area contributed by atoms with Crippen molar-refractivity contribution in [2.24, 2.45) is 5.73 Å². The molecule has 0 aliphatic carbocycles. The predicted molar refractivity (Wildman–Crippen MR) is 165 cm³/mol. The van der Waals surface area contributed by atoms with Crippen LogP contribution in [0, 0.1) is 0 Å². The lowest BCUT2D eigenvalue weighted by atomic mass is 9.99. The number of aromatic hydroxyl groups is 1. The fourth-order valence-corrected chi connectivity index (χ4v) is 5.13. The van der Waals surface area contributed by atoms with Gasteiger partial charge in [0, 0.05) is 42.9 Å². The Balaban J connectivity index is 2.43. The molecular weight excluding hydrogens is 574 g/mol. The number of phenols is 1. The van der Waals surface area contributed by atoms with Crippen LogP contribution in [0.2, 0.25) is 0 Å². The zero-order chi connectivity index (χ0) is 32.3. The number of phenolic OH excluding ortho intramolecular Hbond substituents is 1. The molecular formula is C30H45N5O7S. The van der Waals surface area contributed by atoms with E-state index in [-0.39, 0.29) is 47.9 Å². The normalized spacial score (nSPS) is 13.1. The number of nitrogens with one attached hydrogen (secondary N) is 2. The number of aliphatic hydroxyl groups excluding tert-OH is 1. The van der Waals surface area contributed by atoms with Crippen LogP contribution >= 0.6 is 0 Å². The predicted octanol–water partition coefficient (Wildman–Crippen LogP) is 2.02. The number of carbonyl (C=O) groups excluding carboxylic acids is 3. The highest BCUT2D eigenvalue weighted by Gasteiger charge is 2.28. The fourth-order valence-electron chi connectivity index (χ4n) is 4.35. The number of likely N-dealkylation sites (N-methyl/N-ethyl adjacent to an activating group) is 1. The molecule has 0 fully saturated rings. The molecule has 0 aliphatic rings. The third-order valence-electron chi connectivity index (χ3n) is 6.84. The van der Waals surface area contributed by atoms with Crippen LogP contribution in [0.3, 0.4) is 0 Å². The van der Waals surface area contributed by atoms with Crippen molar-refractivity contribution in [2.75, 3.05) is 26.2 Å². The molecule has 2 aromatic rings. The first-order chi connectivity index (χ1) is 20.2. The van der Waals surface area contributed by atoms with Crippen molar-refractivity contribution in [3.8, 4) is 5.75 Å². The second-order valence-electron chi connectivity index (χ2n) is 10.7. The Hall–Kier alpha value is -3.52. The molecule has 0 bridgehead atoms. The van der Waals surface area contributed by atoms with Gasteiger partial charge in [-0.1, -0.05) is 32.9 Å². The number of primary amides is 1. The number of hydrazine groups is 1. The summed E-state index contributed by atoms with van der Waals surface area (Å²) in [5, 5.41) is 24.4. The van der Waals surface area contributed by atoms with E-state index in [0.29, 0.717) is 18.7 Å². The smallest absolute Gasteiger partial charge is 0.253 e. The molecule has 2 atom stereocenters. The Morgan fingerprint density at radius 3 is 2.00 bits per heavy atom. The number of hydrogen-bond donors (Lipinski definition) is 5. The zero-order valence-corrected chi connectivity index (χ0v) is 26.4. The minimum Gasteiger partial charge on any atom is -0.508 e. The van der Waals surface area contributed by atoms with E-state index in [1.54, 1.807) is 24.0 Å². The van der Waals surface area contributed by atoms with Crippen LogP contribution in [0.15, 0.2) is 42.5 Å². The van der Waals surface area contributed by atoms with Gasteiger partial charge in [-0.3, -0.25) is 14.4 Å². The van der Waals surface area contributed by atoms with Gasteiger partial charge in [0.05, 0.1) is 17.4 Å². The molecule has 0 aliphatic heterocycles. The Morgan fingerprint density at radius 2 is 1.49 bits per heavy atom. The Morgan fingerprint density at radius 1 is 0.930 bits per heavy atom. The lowest BCUT2D eigenvalue weighted by molar-refractivity contribution is 0.0634. The number of nitrogens with zero attached hydrogens (tertiary/aromatic N) is 2. The average molecular weight is 620 g/mol. The van der Waals surface area contributed by atoms with E-state index in [4.69, 9.17) is 5.73 Å². The highest BCUT2D eigenvalue weighted by atomic mass is 32.2. The van der Waals surface area contributed by atoms with Crippen molar-refractivity contribution in [3.63, 3.8) is 0 Å². The van der Waals surface area contributed by atoms with Gasteiger partial charge in [0.1, 0.15) is 5.75 Å². The van der Waals surface area contributed by atoms with Gasteiger partial charge in [0.15, 0.2) is 0 Å². The van der Waals surface area contributed by atoms with E-state index in [1.807, 2.05) is 13.8 Å². The second kappa shape index (κ2) is 16.4. The summed E-state index contributed by atoms with van der Waals surface area (Å²) in [4.78, 5) is 43.1. The maximum Gasteiger partial charge on any atom is 0.253 e.